The molecule has 0 saturated heterocycles. The highest BCUT2D eigenvalue weighted by atomic mass is 79.9. The van der Waals surface area contributed by atoms with Gasteiger partial charge in [0, 0.05) is 17.9 Å². The van der Waals surface area contributed by atoms with Gasteiger partial charge in [0.1, 0.15) is 12.4 Å². The van der Waals surface area contributed by atoms with Crippen molar-refractivity contribution in [2.75, 3.05) is 0 Å². The Morgan fingerprint density at radius 3 is 2.79 bits per heavy atom. The minimum atomic E-state index is 0.550. The van der Waals surface area contributed by atoms with Crippen molar-refractivity contribution >= 4 is 15.9 Å². The van der Waals surface area contributed by atoms with E-state index in [1.807, 2.05) is 11.7 Å². The largest absolute Gasteiger partial charge is 0.487 e. The van der Waals surface area contributed by atoms with Crippen LogP contribution in [-0.2, 0) is 25.4 Å². The highest BCUT2D eigenvalue weighted by Crippen LogP contribution is 2.26. The van der Waals surface area contributed by atoms with E-state index >= 15 is 0 Å². The lowest BCUT2D eigenvalue weighted by Gasteiger charge is -2.12. The zero-order valence-corrected chi connectivity index (χ0v) is 13.2. The van der Waals surface area contributed by atoms with Gasteiger partial charge >= 0.3 is 0 Å². The zero-order valence-electron chi connectivity index (χ0n) is 11.6. The van der Waals surface area contributed by atoms with Crippen LogP contribution in [-0.4, -0.2) is 9.78 Å². The lowest BCUT2D eigenvalue weighted by Crippen LogP contribution is -2.05. The summed E-state index contributed by atoms with van der Waals surface area (Å²) in [7, 11) is 1.96. The second-order valence-corrected chi connectivity index (χ2v) is 5.15. The Kier molecular flexibility index (Phi) is 4.64. The lowest BCUT2D eigenvalue weighted by atomic mass is 10.1. The number of alkyl halides is 1. The SMILES string of the molecule is CCc1cc(COc2c(C)cccc2CBr)n(C)n1. The maximum atomic E-state index is 5.99. The molecule has 0 bridgehead atoms. The molecular weight excluding hydrogens is 304 g/mol. The fourth-order valence-corrected chi connectivity index (χ4v) is 2.49. The van der Waals surface area contributed by atoms with Gasteiger partial charge in [-0.3, -0.25) is 4.68 Å². The Balaban J connectivity index is 2.16. The molecule has 0 fully saturated rings. The quantitative estimate of drug-likeness (QED) is 0.783. The third-order valence-corrected chi connectivity index (χ3v) is 3.80. The minimum absolute atomic E-state index is 0.550. The monoisotopic (exact) mass is 322 g/mol. The standard InChI is InChI=1S/C15H19BrN2O/c1-4-13-8-14(18(3)17-13)10-19-15-11(2)6-5-7-12(15)9-16/h5-8H,4,9-10H2,1-3H3. The third-order valence-electron chi connectivity index (χ3n) is 3.19. The number of nitrogens with zero attached hydrogens (tertiary/aromatic N) is 2. The molecule has 2 aromatic rings. The van der Waals surface area contributed by atoms with Crippen molar-refractivity contribution in [3.63, 3.8) is 0 Å². The molecule has 0 saturated carbocycles. The molecule has 0 amide bonds. The van der Waals surface area contributed by atoms with Gasteiger partial charge in [-0.25, -0.2) is 0 Å². The molecule has 0 aliphatic carbocycles. The lowest BCUT2D eigenvalue weighted by molar-refractivity contribution is 0.291. The fourth-order valence-electron chi connectivity index (χ4n) is 2.05. The van der Waals surface area contributed by atoms with Gasteiger partial charge < -0.3 is 4.74 Å². The van der Waals surface area contributed by atoms with Gasteiger partial charge in [-0.1, -0.05) is 41.1 Å². The normalized spacial score (nSPS) is 10.7. The summed E-state index contributed by atoms with van der Waals surface area (Å²) in [4.78, 5) is 0. The summed E-state index contributed by atoms with van der Waals surface area (Å²) >= 11 is 3.50. The predicted octanol–water partition coefficient (Wildman–Crippen LogP) is 3.76. The maximum absolute atomic E-state index is 5.99. The molecule has 0 radical (unpaired) electrons. The van der Waals surface area contributed by atoms with Crippen LogP contribution < -0.4 is 4.74 Å². The van der Waals surface area contributed by atoms with Crippen LogP contribution in [0.1, 0.15) is 29.4 Å². The van der Waals surface area contributed by atoms with Gasteiger partial charge in [-0.05, 0) is 25.0 Å². The van der Waals surface area contributed by atoms with Crippen LogP contribution in [0.3, 0.4) is 0 Å². The molecule has 0 aliphatic heterocycles. The van der Waals surface area contributed by atoms with E-state index in [-0.39, 0.29) is 0 Å². The van der Waals surface area contributed by atoms with E-state index in [0.717, 1.165) is 34.5 Å². The molecule has 4 heteroatoms. The highest BCUT2D eigenvalue weighted by Gasteiger charge is 2.09. The summed E-state index contributed by atoms with van der Waals surface area (Å²) in [6.45, 7) is 4.73. The van der Waals surface area contributed by atoms with Crippen LogP contribution in [0.4, 0.5) is 0 Å². The molecule has 1 heterocycles. The van der Waals surface area contributed by atoms with E-state index in [4.69, 9.17) is 4.74 Å². The van der Waals surface area contributed by atoms with Crippen molar-refractivity contribution in [2.45, 2.75) is 32.2 Å². The van der Waals surface area contributed by atoms with Crippen LogP contribution in [0.5, 0.6) is 5.75 Å². The molecule has 0 aliphatic rings. The van der Waals surface area contributed by atoms with E-state index in [1.165, 1.54) is 5.56 Å². The number of aromatic nitrogens is 2. The molecular formula is C15H19BrN2O. The molecule has 1 aromatic carbocycles. The number of hydrogen-bond donors (Lipinski definition) is 0. The maximum Gasteiger partial charge on any atom is 0.130 e. The average molecular weight is 323 g/mol. The van der Waals surface area contributed by atoms with Crippen LogP contribution in [0.2, 0.25) is 0 Å². The van der Waals surface area contributed by atoms with Gasteiger partial charge in [-0.15, -0.1) is 0 Å². The molecule has 0 N–H and O–H groups in total. The van der Waals surface area contributed by atoms with Crippen LogP contribution in [0.25, 0.3) is 0 Å². The first-order valence-electron chi connectivity index (χ1n) is 6.44. The van der Waals surface area contributed by atoms with Crippen molar-refractivity contribution in [3.8, 4) is 5.75 Å². The van der Waals surface area contributed by atoms with E-state index in [0.29, 0.717) is 6.61 Å². The van der Waals surface area contributed by atoms with Gasteiger partial charge in [0.05, 0.1) is 11.4 Å². The van der Waals surface area contributed by atoms with Crippen LogP contribution in [0, 0.1) is 6.92 Å². The molecule has 2 rings (SSSR count). The van der Waals surface area contributed by atoms with Gasteiger partial charge in [-0.2, -0.15) is 5.10 Å². The van der Waals surface area contributed by atoms with E-state index in [1.54, 1.807) is 0 Å². The number of aryl methyl sites for hydroxylation is 3. The van der Waals surface area contributed by atoms with Crippen LogP contribution in [0.15, 0.2) is 24.3 Å². The topological polar surface area (TPSA) is 27.1 Å². The number of rotatable bonds is 5. The molecule has 1 aromatic heterocycles. The van der Waals surface area contributed by atoms with Gasteiger partial charge in [0.2, 0.25) is 0 Å². The second kappa shape index (κ2) is 6.24. The summed E-state index contributed by atoms with van der Waals surface area (Å²) in [5.41, 5.74) is 4.54. The smallest absolute Gasteiger partial charge is 0.130 e. The van der Waals surface area contributed by atoms with Crippen molar-refractivity contribution in [1.29, 1.82) is 0 Å². The Bertz CT molecular complexity index is 563. The molecule has 19 heavy (non-hydrogen) atoms. The Labute approximate surface area is 122 Å². The molecule has 102 valence electrons. The number of para-hydroxylation sites is 1. The molecule has 0 atom stereocenters. The van der Waals surface area contributed by atoms with Crippen molar-refractivity contribution in [3.05, 3.63) is 46.8 Å². The molecule has 3 nitrogen and oxygen atoms in total. The van der Waals surface area contributed by atoms with Crippen LogP contribution >= 0.6 is 15.9 Å². The fraction of sp³-hybridized carbons (Fsp3) is 0.400. The zero-order chi connectivity index (χ0) is 13.8. The van der Waals surface area contributed by atoms with E-state index in [2.05, 4.69) is 59.1 Å². The van der Waals surface area contributed by atoms with Crippen molar-refractivity contribution < 1.29 is 4.74 Å². The Morgan fingerprint density at radius 1 is 1.37 bits per heavy atom. The summed E-state index contributed by atoms with van der Waals surface area (Å²) in [5, 5.41) is 5.24. The number of benzene rings is 1. The summed E-state index contributed by atoms with van der Waals surface area (Å²) in [6.07, 6.45) is 0.949. The van der Waals surface area contributed by atoms with Gasteiger partial charge in [0.15, 0.2) is 0 Å². The minimum Gasteiger partial charge on any atom is -0.487 e. The second-order valence-electron chi connectivity index (χ2n) is 4.59. The van der Waals surface area contributed by atoms with E-state index in [9.17, 15) is 0 Å². The predicted molar refractivity (Wildman–Crippen MR) is 80.7 cm³/mol. The highest BCUT2D eigenvalue weighted by molar-refractivity contribution is 9.08. The summed E-state index contributed by atoms with van der Waals surface area (Å²) in [6, 6.07) is 8.31. The first-order chi connectivity index (χ1) is 9.15. The number of halogens is 1. The van der Waals surface area contributed by atoms with Gasteiger partial charge in [0.25, 0.3) is 0 Å². The number of ether oxygens (including phenoxy) is 1. The van der Waals surface area contributed by atoms with Crippen molar-refractivity contribution in [1.82, 2.24) is 9.78 Å². The van der Waals surface area contributed by atoms with Crippen molar-refractivity contribution in [2.24, 2.45) is 7.05 Å². The van der Waals surface area contributed by atoms with E-state index < -0.39 is 0 Å². The summed E-state index contributed by atoms with van der Waals surface area (Å²) < 4.78 is 7.89. The summed E-state index contributed by atoms with van der Waals surface area (Å²) in [5.74, 6) is 0.971. The first-order valence-corrected chi connectivity index (χ1v) is 7.57. The average Bonchev–Trinajstić information content (AvgIpc) is 2.77. The Hall–Kier alpha value is -1.29. The molecule has 0 unspecified atom stereocenters. The molecule has 0 spiro atoms. The number of hydrogen-bond acceptors (Lipinski definition) is 2. The Morgan fingerprint density at radius 2 is 2.16 bits per heavy atom. The third kappa shape index (κ3) is 3.18. The first kappa shape index (κ1) is 14.1.